The fraction of sp³-hybridized carbons (Fsp3) is 0.467. The Morgan fingerprint density at radius 2 is 2.04 bits per heavy atom. The molecule has 8 heteroatoms. The number of non-ortho nitro benzene ring substituents is 1. The van der Waals surface area contributed by atoms with Crippen molar-refractivity contribution in [2.45, 2.75) is 26.4 Å². The molecule has 0 unspecified atom stereocenters. The van der Waals surface area contributed by atoms with Crippen LogP contribution in [0, 0.1) is 10.1 Å². The van der Waals surface area contributed by atoms with E-state index in [2.05, 4.69) is 5.32 Å². The van der Waals surface area contributed by atoms with E-state index in [-0.39, 0.29) is 11.3 Å². The van der Waals surface area contributed by atoms with E-state index in [1.165, 1.54) is 19.1 Å². The second-order valence-corrected chi connectivity index (χ2v) is 5.19. The molecule has 1 rings (SSSR count). The van der Waals surface area contributed by atoms with Gasteiger partial charge in [0.1, 0.15) is 0 Å². The number of amides is 1. The lowest BCUT2D eigenvalue weighted by Gasteiger charge is -2.18. The summed E-state index contributed by atoms with van der Waals surface area (Å²) in [7, 11) is 3.41. The highest BCUT2D eigenvalue weighted by molar-refractivity contribution is 5.98. The van der Waals surface area contributed by atoms with Gasteiger partial charge in [0.15, 0.2) is 6.10 Å². The highest BCUT2D eigenvalue weighted by Crippen LogP contribution is 2.25. The van der Waals surface area contributed by atoms with Crippen LogP contribution in [0.3, 0.4) is 0 Å². The summed E-state index contributed by atoms with van der Waals surface area (Å²) in [6.07, 6.45) is -0.217. The Bertz CT molecular complexity index is 601. The van der Waals surface area contributed by atoms with Gasteiger partial charge >= 0.3 is 5.97 Å². The zero-order chi connectivity index (χ0) is 17.6. The molecule has 1 aromatic carbocycles. The molecular formula is C15H21N3O5. The first kappa shape index (κ1) is 18.4. The van der Waals surface area contributed by atoms with Crippen LogP contribution in [0.1, 0.15) is 30.6 Å². The molecule has 0 aliphatic carbocycles. The van der Waals surface area contributed by atoms with Crippen molar-refractivity contribution in [3.05, 3.63) is 33.9 Å². The molecule has 0 fully saturated rings. The summed E-state index contributed by atoms with van der Waals surface area (Å²) < 4.78 is 5.12. The molecule has 0 saturated carbocycles. The number of nitrogens with one attached hydrogen (secondary N) is 1. The van der Waals surface area contributed by atoms with Gasteiger partial charge in [0.25, 0.3) is 11.6 Å². The van der Waals surface area contributed by atoms with E-state index in [0.29, 0.717) is 12.2 Å². The van der Waals surface area contributed by atoms with Crippen LogP contribution in [0.5, 0.6) is 0 Å². The minimum absolute atomic E-state index is 0.0411. The van der Waals surface area contributed by atoms with Gasteiger partial charge < -0.3 is 15.0 Å². The number of ether oxygens (including phenoxy) is 1. The number of benzene rings is 1. The highest BCUT2D eigenvalue weighted by atomic mass is 16.6. The summed E-state index contributed by atoms with van der Waals surface area (Å²) in [6, 6.07) is 3.92. The standard InChI is InChI=1S/C15H21N3O5/c1-5-8-16-14(19)10(2)23-15(20)12-9-11(18(21)22)6-7-13(12)17(3)4/h6-7,9-10H,5,8H2,1-4H3,(H,16,19)/t10-/m0/s1. The van der Waals surface area contributed by atoms with E-state index in [1.807, 2.05) is 6.92 Å². The smallest absolute Gasteiger partial charge is 0.341 e. The van der Waals surface area contributed by atoms with Crippen molar-refractivity contribution in [3.63, 3.8) is 0 Å². The van der Waals surface area contributed by atoms with Gasteiger partial charge in [0.2, 0.25) is 0 Å². The molecule has 23 heavy (non-hydrogen) atoms. The van der Waals surface area contributed by atoms with E-state index in [0.717, 1.165) is 12.5 Å². The van der Waals surface area contributed by atoms with E-state index in [9.17, 15) is 19.7 Å². The second-order valence-electron chi connectivity index (χ2n) is 5.19. The molecule has 0 aliphatic heterocycles. The van der Waals surface area contributed by atoms with E-state index >= 15 is 0 Å². The van der Waals surface area contributed by atoms with Gasteiger partial charge in [-0.15, -0.1) is 0 Å². The monoisotopic (exact) mass is 323 g/mol. The minimum Gasteiger partial charge on any atom is -0.449 e. The predicted molar refractivity (Wildman–Crippen MR) is 85.6 cm³/mol. The van der Waals surface area contributed by atoms with Crippen LogP contribution in [-0.2, 0) is 9.53 Å². The Kier molecular flexibility index (Phi) is 6.49. The van der Waals surface area contributed by atoms with Crippen LogP contribution in [-0.4, -0.2) is 43.5 Å². The van der Waals surface area contributed by atoms with E-state index in [1.54, 1.807) is 19.0 Å². The molecule has 126 valence electrons. The van der Waals surface area contributed by atoms with Crippen LogP contribution < -0.4 is 10.2 Å². The third-order valence-corrected chi connectivity index (χ3v) is 3.09. The summed E-state index contributed by atoms with van der Waals surface area (Å²) in [5.41, 5.74) is 0.298. The lowest BCUT2D eigenvalue weighted by Crippen LogP contribution is -2.36. The van der Waals surface area contributed by atoms with Crippen LogP contribution in [0.2, 0.25) is 0 Å². The Balaban J connectivity index is 2.99. The van der Waals surface area contributed by atoms with Crippen molar-refractivity contribution < 1.29 is 19.2 Å². The predicted octanol–water partition coefficient (Wildman–Crippen LogP) is 1.73. The SMILES string of the molecule is CCCNC(=O)[C@H](C)OC(=O)c1cc([N+](=O)[O-])ccc1N(C)C. The molecule has 0 heterocycles. The van der Waals surface area contributed by atoms with Gasteiger partial charge in [-0.05, 0) is 19.4 Å². The molecule has 1 amide bonds. The summed E-state index contributed by atoms with van der Waals surface area (Å²) in [4.78, 5) is 36.0. The van der Waals surface area contributed by atoms with Crippen molar-refractivity contribution in [2.24, 2.45) is 0 Å². The molecule has 0 saturated heterocycles. The number of esters is 1. The molecule has 0 aromatic heterocycles. The lowest BCUT2D eigenvalue weighted by atomic mass is 10.1. The maximum Gasteiger partial charge on any atom is 0.341 e. The number of nitro benzene ring substituents is 1. The van der Waals surface area contributed by atoms with Gasteiger partial charge in [-0.25, -0.2) is 4.79 Å². The largest absolute Gasteiger partial charge is 0.449 e. The summed E-state index contributed by atoms with van der Waals surface area (Å²) in [5, 5.41) is 13.5. The Labute approximate surface area is 134 Å². The molecule has 0 bridgehead atoms. The molecule has 1 aromatic rings. The topological polar surface area (TPSA) is 102 Å². The lowest BCUT2D eigenvalue weighted by molar-refractivity contribution is -0.384. The zero-order valence-electron chi connectivity index (χ0n) is 13.7. The number of nitrogens with zero attached hydrogens (tertiary/aromatic N) is 2. The highest BCUT2D eigenvalue weighted by Gasteiger charge is 2.23. The second kappa shape index (κ2) is 8.11. The van der Waals surface area contributed by atoms with Crippen molar-refractivity contribution >= 4 is 23.3 Å². The van der Waals surface area contributed by atoms with Gasteiger partial charge in [-0.3, -0.25) is 14.9 Å². The fourth-order valence-electron chi connectivity index (χ4n) is 1.86. The maximum atomic E-state index is 12.3. The fourth-order valence-corrected chi connectivity index (χ4v) is 1.86. The van der Waals surface area contributed by atoms with Gasteiger partial charge in [-0.2, -0.15) is 0 Å². The molecule has 0 radical (unpaired) electrons. The van der Waals surface area contributed by atoms with Crippen LogP contribution in [0.15, 0.2) is 18.2 Å². The number of carbonyl (C=O) groups excluding carboxylic acids is 2. The first-order chi connectivity index (χ1) is 10.8. The number of rotatable bonds is 7. The van der Waals surface area contributed by atoms with Crippen molar-refractivity contribution in [3.8, 4) is 0 Å². The molecule has 8 nitrogen and oxygen atoms in total. The summed E-state index contributed by atoms with van der Waals surface area (Å²) >= 11 is 0. The first-order valence-corrected chi connectivity index (χ1v) is 7.22. The zero-order valence-corrected chi connectivity index (χ0v) is 13.7. The number of hydrogen-bond acceptors (Lipinski definition) is 6. The third-order valence-electron chi connectivity index (χ3n) is 3.09. The van der Waals surface area contributed by atoms with Crippen molar-refractivity contribution in [1.29, 1.82) is 0 Å². The third kappa shape index (κ3) is 4.94. The van der Waals surface area contributed by atoms with Gasteiger partial charge in [0, 0.05) is 32.8 Å². The average Bonchev–Trinajstić information content (AvgIpc) is 2.51. The van der Waals surface area contributed by atoms with Crippen LogP contribution >= 0.6 is 0 Å². The molecule has 1 atom stereocenters. The number of nitro groups is 1. The van der Waals surface area contributed by atoms with Crippen molar-refractivity contribution in [2.75, 3.05) is 25.5 Å². The number of carbonyl (C=O) groups is 2. The van der Waals surface area contributed by atoms with Gasteiger partial charge in [-0.1, -0.05) is 6.92 Å². The summed E-state index contributed by atoms with van der Waals surface area (Å²) in [6.45, 7) is 3.85. The molecule has 0 spiro atoms. The summed E-state index contributed by atoms with van der Waals surface area (Å²) in [5.74, 6) is -1.19. The van der Waals surface area contributed by atoms with E-state index < -0.39 is 22.9 Å². The average molecular weight is 323 g/mol. The normalized spacial score (nSPS) is 11.5. The Morgan fingerprint density at radius 3 is 2.57 bits per heavy atom. The molecule has 0 aliphatic rings. The number of anilines is 1. The number of hydrogen-bond donors (Lipinski definition) is 1. The quantitative estimate of drug-likeness (QED) is 0.466. The van der Waals surface area contributed by atoms with Crippen LogP contribution in [0.25, 0.3) is 0 Å². The Hall–Kier alpha value is -2.64. The van der Waals surface area contributed by atoms with Crippen molar-refractivity contribution in [1.82, 2.24) is 5.32 Å². The van der Waals surface area contributed by atoms with Crippen LogP contribution in [0.4, 0.5) is 11.4 Å². The van der Waals surface area contributed by atoms with Gasteiger partial charge in [0.05, 0.1) is 16.2 Å². The molecular weight excluding hydrogens is 302 g/mol. The minimum atomic E-state index is -0.983. The Morgan fingerprint density at radius 1 is 1.39 bits per heavy atom. The molecule has 1 N–H and O–H groups in total. The van der Waals surface area contributed by atoms with E-state index in [4.69, 9.17) is 4.74 Å². The maximum absolute atomic E-state index is 12.3. The first-order valence-electron chi connectivity index (χ1n) is 7.22.